The van der Waals surface area contributed by atoms with Crippen LogP contribution in [0.15, 0.2) is 34.3 Å². The molecule has 1 saturated heterocycles. The summed E-state index contributed by atoms with van der Waals surface area (Å²) < 4.78 is 26.7. The lowest BCUT2D eigenvalue weighted by Gasteiger charge is -2.24. The zero-order valence-electron chi connectivity index (χ0n) is 13.9. The molecule has 0 amide bonds. The van der Waals surface area contributed by atoms with Crippen molar-refractivity contribution in [2.45, 2.75) is 18.7 Å². The number of quaternary nitrogens is 1. The second-order valence-electron chi connectivity index (χ2n) is 5.46. The Hall–Kier alpha value is -1.55. The Morgan fingerprint density at radius 1 is 1.29 bits per heavy atom. The molecule has 1 heterocycles. The molecule has 0 bridgehead atoms. The molecule has 1 aliphatic heterocycles. The van der Waals surface area contributed by atoms with Crippen LogP contribution in [0.1, 0.15) is 19.4 Å². The van der Waals surface area contributed by atoms with E-state index in [1.807, 2.05) is 13.8 Å². The number of piperazine rings is 1. The van der Waals surface area contributed by atoms with Crippen LogP contribution in [-0.4, -0.2) is 56.3 Å². The van der Waals surface area contributed by atoms with Crippen molar-refractivity contribution in [3.8, 4) is 0 Å². The average Bonchev–Trinajstić information content (AvgIpc) is 2.61. The molecule has 0 unspecified atom stereocenters. The van der Waals surface area contributed by atoms with Crippen molar-refractivity contribution in [3.05, 3.63) is 29.8 Å². The average molecular weight is 371 g/mol. The van der Waals surface area contributed by atoms with Gasteiger partial charge in [-0.15, -0.1) is 0 Å². The molecule has 24 heavy (non-hydrogen) atoms. The molecule has 0 saturated carbocycles. The lowest BCUT2D eigenvalue weighted by molar-refractivity contribution is -0.661. The highest BCUT2D eigenvalue weighted by Gasteiger charge is 2.27. The van der Waals surface area contributed by atoms with E-state index in [1.165, 1.54) is 0 Å². The van der Waals surface area contributed by atoms with Crippen LogP contribution in [0.4, 0.5) is 0 Å². The van der Waals surface area contributed by atoms with Crippen molar-refractivity contribution in [1.82, 2.24) is 15.0 Å². The molecule has 132 valence electrons. The smallest absolute Gasteiger partial charge is 0.243 e. The fourth-order valence-corrected chi connectivity index (χ4v) is 4.04. The van der Waals surface area contributed by atoms with E-state index in [9.17, 15) is 8.42 Å². The van der Waals surface area contributed by atoms with E-state index in [0.29, 0.717) is 23.1 Å². The zero-order valence-corrected chi connectivity index (χ0v) is 15.6. The van der Waals surface area contributed by atoms with E-state index < -0.39 is 10.0 Å². The molecule has 1 aromatic rings. The minimum absolute atomic E-state index is 0.317. The van der Waals surface area contributed by atoms with E-state index in [4.69, 9.17) is 12.2 Å². The van der Waals surface area contributed by atoms with Gasteiger partial charge in [0.2, 0.25) is 10.0 Å². The number of sulfonamides is 1. The van der Waals surface area contributed by atoms with Gasteiger partial charge in [-0.05, 0) is 43.8 Å². The van der Waals surface area contributed by atoms with Gasteiger partial charge in [-0.2, -0.15) is 9.41 Å². The second-order valence-corrected chi connectivity index (χ2v) is 7.81. The summed E-state index contributed by atoms with van der Waals surface area (Å²) in [6.45, 7) is 7.23. The fraction of sp³-hybridized carbons (Fsp3) is 0.467. The predicted molar refractivity (Wildman–Crippen MR) is 98.5 cm³/mol. The van der Waals surface area contributed by atoms with Crippen molar-refractivity contribution in [2.75, 3.05) is 32.7 Å². The van der Waals surface area contributed by atoms with Crippen LogP contribution in [0, 0.1) is 0 Å². The number of nitrogens with one attached hydrogen (secondary N) is 2. The number of hydrogen-bond acceptors (Lipinski definition) is 4. The quantitative estimate of drug-likeness (QED) is 0.368. The van der Waals surface area contributed by atoms with Gasteiger partial charge in [0.05, 0.1) is 36.8 Å². The summed E-state index contributed by atoms with van der Waals surface area (Å²) in [5.74, 6) is 0. The summed E-state index contributed by atoms with van der Waals surface area (Å²) >= 11 is 5.05. The van der Waals surface area contributed by atoms with Gasteiger partial charge in [0, 0.05) is 6.54 Å². The molecule has 1 aliphatic rings. The molecule has 0 aromatic heterocycles. The minimum atomic E-state index is -3.41. The number of hydrazone groups is 1. The van der Waals surface area contributed by atoms with Gasteiger partial charge in [0.15, 0.2) is 5.11 Å². The third kappa shape index (κ3) is 4.73. The third-order valence-electron chi connectivity index (χ3n) is 3.74. The Morgan fingerprint density at radius 2 is 1.92 bits per heavy atom. The maximum absolute atomic E-state index is 12.6. The van der Waals surface area contributed by atoms with Crippen LogP contribution in [0.5, 0.6) is 0 Å². The highest BCUT2D eigenvalue weighted by atomic mass is 32.2. The Bertz CT molecular complexity index is 695. The fourth-order valence-electron chi connectivity index (χ4n) is 2.38. The Kier molecular flexibility index (Phi) is 6.67. The van der Waals surface area contributed by atoms with E-state index in [0.717, 1.165) is 30.9 Å². The summed E-state index contributed by atoms with van der Waals surface area (Å²) in [6.07, 6.45) is 0. The molecular formula is C15H24N5O2S2+. The largest absolute Gasteiger partial charge is 0.362 e. The SMILES string of the molecule is CCNC(=S)N/N=C(/C)c1ccc(S(=O)(=O)N2CC[NH2+]CC2)cc1. The highest BCUT2D eigenvalue weighted by molar-refractivity contribution is 7.89. The Morgan fingerprint density at radius 3 is 2.50 bits per heavy atom. The number of hydrogen-bond donors (Lipinski definition) is 3. The molecule has 2 rings (SSSR count). The topological polar surface area (TPSA) is 90.4 Å². The van der Waals surface area contributed by atoms with Crippen LogP contribution >= 0.6 is 12.2 Å². The molecule has 7 nitrogen and oxygen atoms in total. The van der Waals surface area contributed by atoms with Gasteiger partial charge >= 0.3 is 0 Å². The van der Waals surface area contributed by atoms with E-state index in [1.54, 1.807) is 28.6 Å². The number of benzene rings is 1. The van der Waals surface area contributed by atoms with Crippen LogP contribution in [-0.2, 0) is 10.0 Å². The molecule has 1 aromatic carbocycles. The Labute approximate surface area is 148 Å². The Balaban J connectivity index is 2.09. The summed E-state index contributed by atoms with van der Waals surface area (Å²) in [4.78, 5) is 0.317. The maximum atomic E-state index is 12.6. The van der Waals surface area contributed by atoms with E-state index >= 15 is 0 Å². The van der Waals surface area contributed by atoms with Crippen molar-refractivity contribution < 1.29 is 13.7 Å². The number of nitrogens with zero attached hydrogens (tertiary/aromatic N) is 2. The van der Waals surface area contributed by atoms with Gasteiger partial charge in [0.1, 0.15) is 0 Å². The van der Waals surface area contributed by atoms with Gasteiger partial charge in [0.25, 0.3) is 0 Å². The first-order chi connectivity index (χ1) is 11.4. The van der Waals surface area contributed by atoms with Crippen LogP contribution in [0.3, 0.4) is 0 Å². The molecule has 0 spiro atoms. The van der Waals surface area contributed by atoms with E-state index in [2.05, 4.69) is 21.2 Å². The first kappa shape index (κ1) is 18.8. The van der Waals surface area contributed by atoms with Gasteiger partial charge in [-0.3, -0.25) is 5.43 Å². The minimum Gasteiger partial charge on any atom is -0.362 e. The van der Waals surface area contributed by atoms with Crippen molar-refractivity contribution in [3.63, 3.8) is 0 Å². The molecule has 1 fully saturated rings. The molecule has 0 radical (unpaired) electrons. The lowest BCUT2D eigenvalue weighted by atomic mass is 10.1. The van der Waals surface area contributed by atoms with Gasteiger partial charge in [-0.1, -0.05) is 12.1 Å². The van der Waals surface area contributed by atoms with Crippen LogP contribution in [0.2, 0.25) is 0 Å². The van der Waals surface area contributed by atoms with Crippen molar-refractivity contribution >= 4 is 33.1 Å². The zero-order chi connectivity index (χ0) is 17.6. The van der Waals surface area contributed by atoms with Crippen LogP contribution < -0.4 is 16.1 Å². The standard InChI is InChI=1S/C15H23N5O2S2/c1-3-17-15(23)19-18-12(2)13-4-6-14(7-5-13)24(21,22)20-10-8-16-9-11-20/h4-7,16H,3,8-11H2,1-2H3,(H2,17,19,23)/p+1/b18-12-. The molecule has 4 N–H and O–H groups in total. The first-order valence-corrected chi connectivity index (χ1v) is 9.80. The van der Waals surface area contributed by atoms with Gasteiger partial charge in [-0.25, -0.2) is 8.42 Å². The van der Waals surface area contributed by atoms with Crippen molar-refractivity contribution in [2.24, 2.45) is 5.10 Å². The monoisotopic (exact) mass is 370 g/mol. The second kappa shape index (κ2) is 8.52. The predicted octanol–water partition coefficient (Wildman–Crippen LogP) is -0.538. The summed E-state index contributed by atoms with van der Waals surface area (Å²) in [5, 5.41) is 9.72. The molecule has 9 heteroatoms. The summed E-state index contributed by atoms with van der Waals surface area (Å²) in [7, 11) is -3.41. The van der Waals surface area contributed by atoms with Crippen LogP contribution in [0.25, 0.3) is 0 Å². The molecule has 0 atom stereocenters. The number of rotatable bonds is 5. The number of thiocarbonyl (C=S) groups is 1. The molecule has 0 aliphatic carbocycles. The van der Waals surface area contributed by atoms with Gasteiger partial charge < -0.3 is 10.6 Å². The molecular weight excluding hydrogens is 346 g/mol. The maximum Gasteiger partial charge on any atom is 0.243 e. The number of nitrogens with two attached hydrogens (primary N) is 1. The third-order valence-corrected chi connectivity index (χ3v) is 5.89. The summed E-state index contributed by atoms with van der Waals surface area (Å²) in [5.41, 5.74) is 4.33. The normalized spacial score (nSPS) is 16.7. The van der Waals surface area contributed by atoms with Crippen molar-refractivity contribution in [1.29, 1.82) is 0 Å². The summed E-state index contributed by atoms with van der Waals surface area (Å²) in [6, 6.07) is 6.79. The lowest BCUT2D eigenvalue weighted by Crippen LogP contribution is -2.89. The van der Waals surface area contributed by atoms with E-state index in [-0.39, 0.29) is 0 Å². The highest BCUT2D eigenvalue weighted by Crippen LogP contribution is 2.16. The first-order valence-electron chi connectivity index (χ1n) is 7.95.